The van der Waals surface area contributed by atoms with E-state index in [9.17, 15) is 27.9 Å². The summed E-state index contributed by atoms with van der Waals surface area (Å²) >= 11 is 0. The molecule has 9 nitrogen and oxygen atoms in total. The fraction of sp³-hybridized carbons (Fsp3) is 0.487. The van der Waals surface area contributed by atoms with Gasteiger partial charge in [0, 0.05) is 44.3 Å². The summed E-state index contributed by atoms with van der Waals surface area (Å²) in [6, 6.07) is 22.6. The minimum absolute atomic E-state index is 0.0256. The molecular formula is C39H46F3N3O6. The number of nitrogens with one attached hydrogen (secondary N) is 1. The molecule has 0 aliphatic carbocycles. The van der Waals surface area contributed by atoms with Crippen LogP contribution >= 0.6 is 0 Å². The Bertz CT molecular complexity index is 1640. The van der Waals surface area contributed by atoms with E-state index in [-0.39, 0.29) is 44.2 Å². The molecule has 51 heavy (non-hydrogen) atoms. The van der Waals surface area contributed by atoms with E-state index in [1.165, 1.54) is 0 Å². The quantitative estimate of drug-likeness (QED) is 0.255. The molecule has 6 atom stereocenters. The zero-order valence-corrected chi connectivity index (χ0v) is 29.0. The Balaban J connectivity index is 1.15. The van der Waals surface area contributed by atoms with E-state index in [2.05, 4.69) is 17.1 Å². The van der Waals surface area contributed by atoms with Gasteiger partial charge in [-0.25, -0.2) is 0 Å². The first-order valence-electron chi connectivity index (χ1n) is 17.6. The smallest absolute Gasteiger partial charge is 0.392 e. The Kier molecular flexibility index (Phi) is 11.8. The summed E-state index contributed by atoms with van der Waals surface area (Å²) in [6.45, 7) is 4.60. The number of rotatable bonds is 11. The van der Waals surface area contributed by atoms with Crippen molar-refractivity contribution in [3.8, 4) is 11.1 Å². The second kappa shape index (κ2) is 16.2. The lowest BCUT2D eigenvalue weighted by atomic mass is 9.89. The summed E-state index contributed by atoms with van der Waals surface area (Å²) in [6.07, 6.45) is -3.19. The molecule has 3 fully saturated rings. The highest BCUT2D eigenvalue weighted by molar-refractivity contribution is 5.90. The fourth-order valence-electron chi connectivity index (χ4n) is 7.52. The van der Waals surface area contributed by atoms with Gasteiger partial charge in [0.1, 0.15) is 6.04 Å². The van der Waals surface area contributed by atoms with Crippen LogP contribution in [0.4, 0.5) is 13.2 Å². The molecule has 0 aromatic heterocycles. The standard InChI is InChI=1S/C39H46F3N3O6/c1-25-34(22-44-18-4-8-32(44)24-49-2)50-37(51-35(25)29-12-10-26(23-46)11-13-29)30-16-14-28(15-17-30)31-7-3-6-27(20-31)21-43-36(47)33-9-5-19-45(33)38(48)39(40,41)42/h3,6-7,10-17,20,25,32-35,37,46H,4-5,8-9,18-19,21-24H2,1-2H3,(H,43,47)/t25-,32-,33-,34+,35+,37+/m0/s1. The van der Waals surface area contributed by atoms with Gasteiger partial charge in [-0.3, -0.25) is 14.5 Å². The Hall–Kier alpha value is -3.81. The summed E-state index contributed by atoms with van der Waals surface area (Å²) < 4.78 is 58.0. The second-order valence-electron chi connectivity index (χ2n) is 13.8. The van der Waals surface area contributed by atoms with Crippen molar-refractivity contribution >= 4 is 11.8 Å². The Morgan fingerprint density at radius 2 is 1.65 bits per heavy atom. The minimum atomic E-state index is -5.02. The summed E-state index contributed by atoms with van der Waals surface area (Å²) in [5.74, 6) is -2.51. The third-order valence-corrected chi connectivity index (χ3v) is 10.4. The molecule has 0 saturated carbocycles. The molecule has 3 aromatic carbocycles. The summed E-state index contributed by atoms with van der Waals surface area (Å²) in [4.78, 5) is 27.7. The summed E-state index contributed by atoms with van der Waals surface area (Å²) in [7, 11) is 1.74. The molecule has 0 unspecified atom stereocenters. The van der Waals surface area contributed by atoms with Crippen molar-refractivity contribution < 1.29 is 42.1 Å². The van der Waals surface area contributed by atoms with E-state index in [4.69, 9.17) is 14.2 Å². The van der Waals surface area contributed by atoms with E-state index in [1.54, 1.807) is 7.11 Å². The average molecular weight is 710 g/mol. The van der Waals surface area contributed by atoms with Gasteiger partial charge in [0.25, 0.3) is 0 Å². The van der Waals surface area contributed by atoms with Gasteiger partial charge in [-0.05, 0) is 66.1 Å². The highest BCUT2D eigenvalue weighted by Crippen LogP contribution is 2.42. The lowest BCUT2D eigenvalue weighted by molar-refractivity contribution is -0.276. The highest BCUT2D eigenvalue weighted by atomic mass is 19.4. The molecule has 0 bridgehead atoms. The Morgan fingerprint density at radius 3 is 2.35 bits per heavy atom. The van der Waals surface area contributed by atoms with Gasteiger partial charge >= 0.3 is 12.1 Å². The fourth-order valence-corrected chi connectivity index (χ4v) is 7.52. The van der Waals surface area contributed by atoms with Crippen LogP contribution in [-0.2, 0) is 37.0 Å². The van der Waals surface area contributed by atoms with Gasteiger partial charge in [0.05, 0.1) is 25.4 Å². The number of aliphatic hydroxyl groups excluding tert-OH is 1. The van der Waals surface area contributed by atoms with Crippen molar-refractivity contribution in [1.82, 2.24) is 15.1 Å². The van der Waals surface area contributed by atoms with E-state index in [0.717, 1.165) is 59.3 Å². The molecule has 2 N–H and O–H groups in total. The molecule has 3 saturated heterocycles. The number of halogens is 3. The lowest BCUT2D eigenvalue weighted by Gasteiger charge is -2.43. The molecule has 12 heteroatoms. The number of likely N-dealkylation sites (tertiary alicyclic amines) is 2. The first kappa shape index (κ1) is 37.0. The molecule has 3 aliphatic heterocycles. The minimum Gasteiger partial charge on any atom is -0.392 e. The molecule has 0 spiro atoms. The van der Waals surface area contributed by atoms with Crippen LogP contribution < -0.4 is 5.32 Å². The zero-order valence-electron chi connectivity index (χ0n) is 29.0. The van der Waals surface area contributed by atoms with Crippen LogP contribution in [-0.4, -0.2) is 84.4 Å². The van der Waals surface area contributed by atoms with Crippen LogP contribution in [0.2, 0.25) is 0 Å². The second-order valence-corrected chi connectivity index (χ2v) is 13.8. The Labute approximate surface area is 296 Å². The number of nitrogens with zero attached hydrogens (tertiary/aromatic N) is 2. The number of methoxy groups -OCH3 is 1. The van der Waals surface area contributed by atoms with Crippen LogP contribution in [0.1, 0.15) is 67.3 Å². The van der Waals surface area contributed by atoms with Crippen LogP contribution in [0.5, 0.6) is 0 Å². The maximum atomic E-state index is 13.0. The number of hydrogen-bond donors (Lipinski definition) is 2. The van der Waals surface area contributed by atoms with Crippen molar-refractivity contribution in [1.29, 1.82) is 0 Å². The third kappa shape index (κ3) is 8.64. The SMILES string of the molecule is COC[C@@H]1CCCN1C[C@H]1O[C@@H](c2ccc(-c3cccc(CNC(=O)[C@@H]4CCCN4C(=O)C(F)(F)F)c3)cc2)O[C@@H](c2ccc(CO)cc2)[C@H]1C. The van der Waals surface area contributed by atoms with Crippen molar-refractivity contribution in [3.63, 3.8) is 0 Å². The van der Waals surface area contributed by atoms with Crippen LogP contribution in [0, 0.1) is 5.92 Å². The number of carbonyl (C=O) groups excluding carboxylic acids is 2. The Morgan fingerprint density at radius 1 is 0.922 bits per heavy atom. The van der Waals surface area contributed by atoms with E-state index in [0.29, 0.717) is 24.0 Å². The topological polar surface area (TPSA) is 101 Å². The highest BCUT2D eigenvalue weighted by Gasteiger charge is 2.47. The van der Waals surface area contributed by atoms with Gasteiger partial charge in [0.15, 0.2) is 6.29 Å². The molecule has 274 valence electrons. The molecular weight excluding hydrogens is 663 g/mol. The maximum absolute atomic E-state index is 13.0. The molecule has 3 heterocycles. The van der Waals surface area contributed by atoms with Crippen molar-refractivity contribution in [2.75, 3.05) is 33.4 Å². The van der Waals surface area contributed by atoms with Crippen LogP contribution in [0.3, 0.4) is 0 Å². The van der Waals surface area contributed by atoms with Gasteiger partial charge in [-0.15, -0.1) is 0 Å². The molecule has 2 amide bonds. The van der Waals surface area contributed by atoms with E-state index < -0.39 is 30.3 Å². The maximum Gasteiger partial charge on any atom is 0.471 e. The van der Waals surface area contributed by atoms with E-state index in [1.807, 2.05) is 72.8 Å². The third-order valence-electron chi connectivity index (χ3n) is 10.4. The van der Waals surface area contributed by atoms with Gasteiger partial charge in [-0.2, -0.15) is 13.2 Å². The monoisotopic (exact) mass is 709 g/mol. The molecule has 3 aromatic rings. The molecule has 3 aliphatic rings. The largest absolute Gasteiger partial charge is 0.471 e. The zero-order chi connectivity index (χ0) is 36.1. The average Bonchev–Trinajstić information content (AvgIpc) is 3.81. The number of aliphatic hydroxyl groups is 1. The van der Waals surface area contributed by atoms with Gasteiger partial charge in [0.2, 0.25) is 5.91 Å². The summed E-state index contributed by atoms with van der Waals surface area (Å²) in [5.41, 5.74) is 5.35. The lowest BCUT2D eigenvalue weighted by Crippen LogP contribution is -2.50. The van der Waals surface area contributed by atoms with E-state index >= 15 is 0 Å². The van der Waals surface area contributed by atoms with Crippen molar-refractivity contribution in [2.45, 2.75) is 82.5 Å². The van der Waals surface area contributed by atoms with Crippen LogP contribution in [0.15, 0.2) is 72.8 Å². The van der Waals surface area contributed by atoms with Crippen LogP contribution in [0.25, 0.3) is 11.1 Å². The predicted octanol–water partition coefficient (Wildman–Crippen LogP) is 5.92. The van der Waals surface area contributed by atoms with Gasteiger partial charge in [-0.1, -0.05) is 73.7 Å². The number of carbonyl (C=O) groups is 2. The molecule has 0 radical (unpaired) electrons. The van der Waals surface area contributed by atoms with Crippen molar-refractivity contribution in [3.05, 3.63) is 95.1 Å². The molecule has 6 rings (SSSR count). The summed E-state index contributed by atoms with van der Waals surface area (Å²) in [5, 5.41) is 12.3. The number of benzene rings is 3. The van der Waals surface area contributed by atoms with Gasteiger partial charge < -0.3 is 29.5 Å². The normalized spacial score (nSPS) is 25.6. The first-order chi connectivity index (χ1) is 24.5. The number of ether oxygens (including phenoxy) is 3. The number of alkyl halides is 3. The number of amides is 2. The number of hydrogen-bond acceptors (Lipinski definition) is 7. The first-order valence-corrected chi connectivity index (χ1v) is 17.6. The van der Waals surface area contributed by atoms with Crippen molar-refractivity contribution in [2.24, 2.45) is 5.92 Å². The predicted molar refractivity (Wildman–Crippen MR) is 184 cm³/mol.